The lowest BCUT2D eigenvalue weighted by molar-refractivity contribution is -0.899. The largest absolute Gasteiger partial charge is 0.219 e. The van der Waals surface area contributed by atoms with Crippen LogP contribution in [0.1, 0.15) is 366 Å². The summed E-state index contributed by atoms with van der Waals surface area (Å²) in [6, 6.07) is 0. The fourth-order valence-electron chi connectivity index (χ4n) is 10.1. The Morgan fingerprint density at radius 1 is 0.146 bits per heavy atom. The van der Waals surface area contributed by atoms with Gasteiger partial charge in [0.15, 0.2) is 0 Å². The Balaban J connectivity index is 3.08. The van der Waals surface area contributed by atoms with Crippen molar-refractivity contribution in [1.29, 1.82) is 0 Å². The molecule has 0 aromatic carbocycles. The second-order valence-corrected chi connectivity index (χ2v) is 21.8. The van der Waals surface area contributed by atoms with E-state index in [9.17, 15) is 0 Å². The van der Waals surface area contributed by atoms with Gasteiger partial charge in [0.25, 0.3) is 0 Å². The third kappa shape index (κ3) is 79.0. The average Bonchev–Trinajstić information content (AvgIpc) is 3.48. The molecule has 0 unspecified atom stereocenters. The highest BCUT2D eigenvalue weighted by atomic mass is 18.0. The molecule has 0 fully saturated rings. The molecule has 0 bridgehead atoms. The lowest BCUT2D eigenvalue weighted by atomic mass is 10.0. The molecule has 24 nitrogen and oxygen atoms in total. The van der Waals surface area contributed by atoms with Gasteiger partial charge in [0.05, 0.1) is 6.61 Å². The lowest BCUT2D eigenvalue weighted by Gasteiger charge is -2.05. The molecule has 0 spiro atoms. The summed E-state index contributed by atoms with van der Waals surface area (Å²) >= 11 is 0. The Kier molecular flexibility index (Phi) is 79.1. The van der Waals surface area contributed by atoms with Crippen molar-refractivity contribution in [2.45, 2.75) is 366 Å². The molecule has 0 radical (unpaired) electrons. The molecule has 0 amide bonds. The van der Waals surface area contributed by atoms with Crippen LogP contribution in [0.2, 0.25) is 0 Å². The maximum absolute atomic E-state index is 7.64. The van der Waals surface area contributed by atoms with E-state index in [0.717, 1.165) is 19.3 Å². The number of hydrogen-bond donors (Lipinski definition) is 1. The van der Waals surface area contributed by atoms with Crippen molar-refractivity contribution in [3.8, 4) is 0 Å². The monoisotopic (exact) mass is 1200 g/mol. The first kappa shape index (κ1) is 81.0. The lowest BCUT2D eigenvalue weighted by Crippen LogP contribution is -2.06. The molecule has 0 saturated carbocycles. The van der Waals surface area contributed by atoms with Crippen molar-refractivity contribution in [3.63, 3.8) is 0 Å². The van der Waals surface area contributed by atoms with Crippen LogP contribution < -0.4 is 0 Å². The van der Waals surface area contributed by atoms with E-state index in [2.05, 4.69) is 118 Å². The minimum atomic E-state index is 0.284. The number of hydrogen-bond acceptors (Lipinski definition) is 24. The Bertz CT molecular complexity index is 1000. The molecule has 0 aromatic rings. The van der Waals surface area contributed by atoms with E-state index in [1.54, 1.807) is 0 Å². The third-order valence-electron chi connectivity index (χ3n) is 14.7. The SMILES string of the molecule is CCCCCCCCCCCCCCCCCCCCCCCCCCCCCCCCCCCCCCCCCCCCCCCCCCCCCCCCCCOOOOOOOOOOOOOOOOOOOOOOOO. The van der Waals surface area contributed by atoms with Gasteiger partial charge in [0.2, 0.25) is 0 Å². The van der Waals surface area contributed by atoms with E-state index in [4.69, 9.17) is 10.1 Å². The first-order chi connectivity index (χ1) is 40.9. The second-order valence-electron chi connectivity index (χ2n) is 21.8. The van der Waals surface area contributed by atoms with E-state index in [-0.39, 0.29) is 6.61 Å². The van der Waals surface area contributed by atoms with E-state index in [0.29, 0.717) is 0 Å². The Hall–Kier alpha value is -0.960. The van der Waals surface area contributed by atoms with Crippen LogP contribution in [0.3, 0.4) is 0 Å². The topological polar surface area (TPSA) is 233 Å². The molecule has 0 heterocycles. The van der Waals surface area contributed by atoms with Crippen molar-refractivity contribution >= 4 is 0 Å². The highest BCUT2D eigenvalue weighted by Crippen LogP contribution is 2.20. The zero-order valence-electron chi connectivity index (χ0n) is 51.1. The summed E-state index contributed by atoms with van der Waals surface area (Å²) in [6.07, 6.45) is 79.2. The van der Waals surface area contributed by atoms with Crippen LogP contribution in [0, 0.1) is 0 Å². The van der Waals surface area contributed by atoms with Gasteiger partial charge in [-0.2, -0.15) is 0 Å². The summed E-state index contributed by atoms with van der Waals surface area (Å²) in [4.78, 5) is 4.75. The highest BCUT2D eigenvalue weighted by Gasteiger charge is 2.04. The Morgan fingerprint density at radius 2 is 0.268 bits per heavy atom. The van der Waals surface area contributed by atoms with Crippen LogP contribution in [0.15, 0.2) is 0 Å². The normalized spacial score (nSPS) is 11.8. The fraction of sp³-hybridized carbons (Fsp3) is 1.00. The van der Waals surface area contributed by atoms with Gasteiger partial charge in [0.1, 0.15) is 0 Å². The van der Waals surface area contributed by atoms with Crippen LogP contribution >= 0.6 is 0 Å². The second kappa shape index (κ2) is 80.0. The smallest absolute Gasteiger partial charge is 0.0855 e. The minimum absolute atomic E-state index is 0.284. The van der Waals surface area contributed by atoms with Gasteiger partial charge >= 0.3 is 0 Å². The first-order valence-electron chi connectivity index (χ1n) is 32.8. The minimum Gasteiger partial charge on any atom is -0.219 e. The predicted molar refractivity (Wildman–Crippen MR) is 297 cm³/mol. The standard InChI is InChI=1S/C58H118O24/c1-2-3-4-5-6-7-8-9-10-11-12-13-14-15-16-17-18-19-20-21-22-23-24-25-26-27-28-29-30-31-32-33-34-35-36-37-38-39-40-41-42-43-44-45-46-47-48-49-50-51-52-53-54-55-56-57-58-60-62-64-66-68-70-72-74-76-78-80-82-81-79-77-75-73-71-69-67-65-63-61-59/h59H,2-58H2,1H3. The van der Waals surface area contributed by atoms with Gasteiger partial charge in [-0.1, -0.05) is 360 Å². The predicted octanol–water partition coefficient (Wildman–Crippen LogP) is 20.8. The molecule has 0 aliphatic rings. The molecule has 494 valence electrons. The van der Waals surface area contributed by atoms with E-state index in [1.807, 2.05) is 0 Å². The summed E-state index contributed by atoms with van der Waals surface area (Å²) in [5, 5.41) is 87.4. The number of unbranched alkanes of at least 4 members (excludes halogenated alkanes) is 55. The van der Waals surface area contributed by atoms with Crippen LogP contribution in [0.25, 0.3) is 0 Å². The average molecular weight is 1200 g/mol. The van der Waals surface area contributed by atoms with Gasteiger partial charge < -0.3 is 0 Å². The molecule has 1 N–H and O–H groups in total. The van der Waals surface area contributed by atoms with Crippen molar-refractivity contribution in [2.24, 2.45) is 0 Å². The summed E-state index contributed by atoms with van der Waals surface area (Å²) < 4.78 is 0. The van der Waals surface area contributed by atoms with Crippen LogP contribution in [0.4, 0.5) is 0 Å². The van der Waals surface area contributed by atoms with Crippen LogP contribution in [-0.4, -0.2) is 11.9 Å². The van der Waals surface area contributed by atoms with Gasteiger partial charge in [-0.3, -0.25) is 0 Å². The molecule has 0 rings (SSSR count). The highest BCUT2D eigenvalue weighted by molar-refractivity contribution is 4.55. The van der Waals surface area contributed by atoms with Crippen LogP contribution in [0.5, 0.6) is 0 Å². The first-order valence-corrected chi connectivity index (χ1v) is 32.8. The van der Waals surface area contributed by atoms with E-state index in [1.165, 1.54) is 340 Å². The fourth-order valence-corrected chi connectivity index (χ4v) is 10.1. The van der Waals surface area contributed by atoms with Crippen molar-refractivity contribution < 1.29 is 121 Å². The van der Waals surface area contributed by atoms with E-state index < -0.39 is 0 Å². The van der Waals surface area contributed by atoms with Crippen molar-refractivity contribution in [3.05, 3.63) is 0 Å². The zero-order valence-corrected chi connectivity index (χ0v) is 51.1. The zero-order chi connectivity index (χ0) is 58.6. The molecule has 0 saturated heterocycles. The molecule has 24 heteroatoms. The molecular weight excluding hydrogens is 1080 g/mol. The Morgan fingerprint density at radius 3 is 0.415 bits per heavy atom. The van der Waals surface area contributed by atoms with E-state index >= 15 is 0 Å². The number of rotatable bonds is 79. The van der Waals surface area contributed by atoms with Crippen LogP contribution in [-0.2, 0) is 116 Å². The molecule has 82 heavy (non-hydrogen) atoms. The van der Waals surface area contributed by atoms with Gasteiger partial charge in [0, 0.05) is 30.2 Å². The van der Waals surface area contributed by atoms with Gasteiger partial charge in [-0.05, 0) is 87.0 Å². The quantitative estimate of drug-likeness (QED) is 0.0339. The van der Waals surface area contributed by atoms with Crippen molar-refractivity contribution in [2.75, 3.05) is 6.61 Å². The summed E-state index contributed by atoms with van der Waals surface area (Å²) in [5.74, 6) is 0. The molecule has 0 aliphatic heterocycles. The molecule has 0 aromatic heterocycles. The third-order valence-corrected chi connectivity index (χ3v) is 14.7. The Labute approximate surface area is 492 Å². The molecular formula is C58H118O24. The summed E-state index contributed by atoms with van der Waals surface area (Å²) in [6.45, 7) is 2.59. The maximum Gasteiger partial charge on any atom is 0.0855 e. The van der Waals surface area contributed by atoms with Gasteiger partial charge in [-0.15, -0.1) is 0 Å². The van der Waals surface area contributed by atoms with Gasteiger partial charge in [-0.25, -0.2) is 10.1 Å². The molecule has 0 aliphatic carbocycles. The molecule has 0 atom stereocenters. The van der Waals surface area contributed by atoms with Crippen molar-refractivity contribution in [1.82, 2.24) is 0 Å². The maximum atomic E-state index is 7.64. The summed E-state index contributed by atoms with van der Waals surface area (Å²) in [7, 11) is 0. The summed E-state index contributed by atoms with van der Waals surface area (Å²) in [5.41, 5.74) is 0.